The van der Waals surface area contributed by atoms with Crippen molar-refractivity contribution >= 4 is 32.9 Å². The van der Waals surface area contributed by atoms with Crippen molar-refractivity contribution < 1.29 is 4.79 Å². The molecule has 1 aromatic carbocycles. The van der Waals surface area contributed by atoms with Gasteiger partial charge in [0.15, 0.2) is 0 Å². The molecule has 0 saturated carbocycles. The first-order chi connectivity index (χ1) is 12.2. The summed E-state index contributed by atoms with van der Waals surface area (Å²) in [7, 11) is 0. The zero-order valence-corrected chi connectivity index (χ0v) is 14.7. The molecule has 0 bridgehead atoms. The number of fused-ring (bicyclic) bond motifs is 1. The lowest BCUT2D eigenvalue weighted by Crippen LogP contribution is -2.24. The Kier molecular flexibility index (Phi) is 4.07. The molecule has 1 amide bonds. The molecule has 7 heteroatoms. The fraction of sp³-hybridized carbons (Fsp3) is 0.0556. The molecule has 25 heavy (non-hydrogen) atoms. The topological polar surface area (TPSA) is 75.6 Å². The largest absolute Gasteiger partial charge is 0.345 e. The van der Waals surface area contributed by atoms with Crippen LogP contribution in [0.3, 0.4) is 0 Å². The van der Waals surface area contributed by atoms with Crippen LogP contribution in [-0.4, -0.2) is 25.4 Å². The quantitative estimate of drug-likeness (QED) is 0.555. The second-order valence-corrected chi connectivity index (χ2v) is 6.40. The number of amides is 1. The number of pyridine rings is 1. The summed E-state index contributed by atoms with van der Waals surface area (Å²) in [6.45, 7) is 0.328. The summed E-state index contributed by atoms with van der Waals surface area (Å²) in [6.07, 6.45) is 6.96. The maximum Gasteiger partial charge on any atom is 0.253 e. The van der Waals surface area contributed by atoms with Gasteiger partial charge in [-0.25, -0.2) is 9.97 Å². The van der Waals surface area contributed by atoms with Crippen LogP contribution in [0.1, 0.15) is 16.2 Å². The summed E-state index contributed by atoms with van der Waals surface area (Å²) < 4.78 is 2.78. The summed E-state index contributed by atoms with van der Waals surface area (Å²) in [4.78, 5) is 24.2. The van der Waals surface area contributed by atoms with Crippen LogP contribution in [0.4, 0.5) is 0 Å². The van der Waals surface area contributed by atoms with Crippen LogP contribution >= 0.6 is 15.9 Å². The van der Waals surface area contributed by atoms with E-state index in [9.17, 15) is 4.79 Å². The summed E-state index contributed by atoms with van der Waals surface area (Å²) >= 11 is 3.38. The summed E-state index contributed by atoms with van der Waals surface area (Å²) in [6, 6.07) is 11.8. The number of carbonyl (C=O) groups excluding carboxylic acids is 1. The van der Waals surface area contributed by atoms with Crippen molar-refractivity contribution in [2.45, 2.75) is 6.54 Å². The van der Waals surface area contributed by atoms with Crippen molar-refractivity contribution in [1.82, 2.24) is 24.8 Å². The molecule has 4 aromatic rings. The minimum absolute atomic E-state index is 0.172. The predicted molar refractivity (Wildman–Crippen MR) is 98.5 cm³/mol. The van der Waals surface area contributed by atoms with E-state index in [0.29, 0.717) is 17.8 Å². The maximum absolute atomic E-state index is 12.6. The molecule has 0 radical (unpaired) electrons. The van der Waals surface area contributed by atoms with E-state index in [2.05, 4.69) is 36.2 Å². The number of nitrogens with one attached hydrogen (secondary N) is 2. The minimum atomic E-state index is -0.172. The number of benzene rings is 1. The molecular formula is C18H14BrN5O. The van der Waals surface area contributed by atoms with Gasteiger partial charge >= 0.3 is 0 Å². The van der Waals surface area contributed by atoms with Crippen molar-refractivity contribution in [2.75, 3.05) is 0 Å². The molecule has 0 saturated heterocycles. The molecule has 2 N–H and O–H groups in total. The Morgan fingerprint density at radius 1 is 1.24 bits per heavy atom. The molecule has 6 nitrogen and oxygen atoms in total. The van der Waals surface area contributed by atoms with Crippen molar-refractivity contribution in [3.05, 3.63) is 77.0 Å². The average molecular weight is 396 g/mol. The highest BCUT2D eigenvalue weighted by molar-refractivity contribution is 9.10. The molecule has 0 unspecified atom stereocenters. The van der Waals surface area contributed by atoms with E-state index < -0.39 is 0 Å². The van der Waals surface area contributed by atoms with Gasteiger partial charge in [0.1, 0.15) is 11.5 Å². The van der Waals surface area contributed by atoms with Crippen molar-refractivity contribution in [2.24, 2.45) is 0 Å². The number of hydrogen-bond acceptors (Lipinski definition) is 3. The van der Waals surface area contributed by atoms with Gasteiger partial charge in [-0.15, -0.1) is 0 Å². The predicted octanol–water partition coefficient (Wildman–Crippen LogP) is 3.44. The molecule has 0 atom stereocenters. The lowest BCUT2D eigenvalue weighted by Gasteiger charge is -2.08. The van der Waals surface area contributed by atoms with Crippen LogP contribution in [0.25, 0.3) is 16.7 Å². The zero-order chi connectivity index (χ0) is 17.2. The average Bonchev–Trinajstić information content (AvgIpc) is 3.27. The monoisotopic (exact) mass is 395 g/mol. The third-order valence-corrected chi connectivity index (χ3v) is 4.33. The van der Waals surface area contributed by atoms with Crippen LogP contribution in [0, 0.1) is 0 Å². The van der Waals surface area contributed by atoms with E-state index >= 15 is 0 Å². The minimum Gasteiger partial charge on any atom is -0.345 e. The fourth-order valence-electron chi connectivity index (χ4n) is 2.71. The second-order valence-electron chi connectivity index (χ2n) is 5.48. The highest BCUT2D eigenvalue weighted by Gasteiger charge is 2.14. The van der Waals surface area contributed by atoms with Gasteiger partial charge in [-0.2, -0.15) is 0 Å². The Morgan fingerprint density at radius 3 is 2.92 bits per heavy atom. The number of carbonyl (C=O) groups is 1. The number of imidazole rings is 1. The van der Waals surface area contributed by atoms with Crippen molar-refractivity contribution in [3.63, 3.8) is 0 Å². The molecule has 3 aromatic heterocycles. The van der Waals surface area contributed by atoms with Crippen LogP contribution in [0.2, 0.25) is 0 Å². The van der Waals surface area contributed by atoms with Gasteiger partial charge < -0.3 is 14.9 Å². The summed E-state index contributed by atoms with van der Waals surface area (Å²) in [5, 5.41) is 3.70. The Hall–Kier alpha value is -2.93. The van der Waals surface area contributed by atoms with E-state index in [1.807, 2.05) is 47.2 Å². The van der Waals surface area contributed by atoms with Crippen LogP contribution in [0.5, 0.6) is 0 Å². The Morgan fingerprint density at radius 2 is 2.08 bits per heavy atom. The zero-order valence-electron chi connectivity index (χ0n) is 13.1. The molecule has 0 spiro atoms. The van der Waals surface area contributed by atoms with E-state index in [4.69, 9.17) is 0 Å². The van der Waals surface area contributed by atoms with Gasteiger partial charge in [0.05, 0.1) is 12.1 Å². The smallest absolute Gasteiger partial charge is 0.253 e. The fourth-order valence-corrected chi connectivity index (χ4v) is 3.04. The third-order valence-electron chi connectivity index (χ3n) is 3.90. The Balaban J connectivity index is 1.55. The number of rotatable bonds is 4. The number of hydrogen-bond donors (Lipinski definition) is 2. The molecule has 0 aliphatic carbocycles. The van der Waals surface area contributed by atoms with Crippen LogP contribution in [-0.2, 0) is 6.54 Å². The maximum atomic E-state index is 12.6. The summed E-state index contributed by atoms with van der Waals surface area (Å²) in [5.41, 5.74) is 2.24. The number of H-pyrrole nitrogens is 1. The number of aromatic nitrogens is 4. The van der Waals surface area contributed by atoms with E-state index in [0.717, 1.165) is 21.4 Å². The number of para-hydroxylation sites is 1. The number of halogens is 1. The highest BCUT2D eigenvalue weighted by atomic mass is 79.9. The third kappa shape index (κ3) is 3.06. The van der Waals surface area contributed by atoms with Crippen LogP contribution in [0.15, 0.2) is 65.7 Å². The number of nitrogens with zero attached hydrogens (tertiary/aromatic N) is 3. The molecular weight excluding hydrogens is 382 g/mol. The van der Waals surface area contributed by atoms with Crippen molar-refractivity contribution in [1.29, 1.82) is 0 Å². The normalized spacial score (nSPS) is 10.9. The Bertz CT molecular complexity index is 1040. The second kappa shape index (κ2) is 6.52. The highest BCUT2D eigenvalue weighted by Crippen LogP contribution is 2.20. The van der Waals surface area contributed by atoms with Gasteiger partial charge in [0.25, 0.3) is 5.91 Å². The van der Waals surface area contributed by atoms with Gasteiger partial charge in [-0.1, -0.05) is 18.2 Å². The molecule has 0 fully saturated rings. The lowest BCUT2D eigenvalue weighted by atomic mass is 10.2. The molecule has 0 aliphatic heterocycles. The van der Waals surface area contributed by atoms with Gasteiger partial charge in [-0.05, 0) is 34.1 Å². The van der Waals surface area contributed by atoms with E-state index in [-0.39, 0.29) is 5.91 Å². The van der Waals surface area contributed by atoms with Gasteiger partial charge in [0, 0.05) is 40.3 Å². The lowest BCUT2D eigenvalue weighted by molar-refractivity contribution is 0.0951. The van der Waals surface area contributed by atoms with E-state index in [1.165, 1.54) is 0 Å². The standard InChI is InChI=1S/C18H14BrN5O/c19-12-8-14-15(10-22-17(14)21-9-12)18(25)23-11-16-20-6-7-24(16)13-4-2-1-3-5-13/h1-10H,11H2,(H,21,22)(H,23,25). The van der Waals surface area contributed by atoms with Gasteiger partial charge in [0.2, 0.25) is 0 Å². The molecule has 3 heterocycles. The molecule has 124 valence electrons. The van der Waals surface area contributed by atoms with Gasteiger partial charge in [-0.3, -0.25) is 4.79 Å². The summed E-state index contributed by atoms with van der Waals surface area (Å²) in [5.74, 6) is 0.590. The first-order valence-corrected chi connectivity index (χ1v) is 8.50. The van der Waals surface area contributed by atoms with Crippen LogP contribution < -0.4 is 5.32 Å². The van der Waals surface area contributed by atoms with E-state index in [1.54, 1.807) is 18.6 Å². The molecule has 0 aliphatic rings. The first-order valence-electron chi connectivity index (χ1n) is 7.71. The first kappa shape index (κ1) is 15.6. The Labute approximate surface area is 152 Å². The molecule has 4 rings (SSSR count). The van der Waals surface area contributed by atoms with Crippen molar-refractivity contribution in [3.8, 4) is 5.69 Å². The number of aromatic amines is 1. The SMILES string of the molecule is O=C(NCc1nccn1-c1ccccc1)c1c[nH]c2ncc(Br)cc12.